The Balaban J connectivity index is 1.41. The van der Waals surface area contributed by atoms with Crippen LogP contribution < -0.4 is 4.90 Å². The zero-order chi connectivity index (χ0) is 19.0. The maximum Gasteiger partial charge on any atom is 0.251 e. The molecule has 5 nitrogen and oxygen atoms in total. The molecule has 8 heteroatoms. The number of imide groups is 1. The molecule has 0 N–H and O–H groups in total. The van der Waals surface area contributed by atoms with Crippen LogP contribution in [-0.4, -0.2) is 53.8 Å². The summed E-state index contributed by atoms with van der Waals surface area (Å²) < 4.78 is 13.4. The van der Waals surface area contributed by atoms with Crippen LogP contribution in [0.2, 0.25) is 5.02 Å². The third-order valence-electron chi connectivity index (χ3n) is 5.09. The first-order valence-electron chi connectivity index (χ1n) is 8.83. The van der Waals surface area contributed by atoms with Gasteiger partial charge in [0.05, 0.1) is 23.2 Å². The van der Waals surface area contributed by atoms with Gasteiger partial charge in [0.1, 0.15) is 5.82 Å². The number of amides is 2. The van der Waals surface area contributed by atoms with Crippen LogP contribution in [0, 0.1) is 5.82 Å². The van der Waals surface area contributed by atoms with Gasteiger partial charge in [-0.25, -0.2) is 9.29 Å². The summed E-state index contributed by atoms with van der Waals surface area (Å²) in [5, 5.41) is 1.98. The SMILES string of the molecule is O=C1CC(N2CCN(Cc3cccs3)CC2)C(=O)N1c1ccc(F)c(Cl)c1. The van der Waals surface area contributed by atoms with Gasteiger partial charge in [0, 0.05) is 37.6 Å². The predicted molar refractivity (Wildman–Crippen MR) is 103 cm³/mol. The van der Waals surface area contributed by atoms with Crippen molar-refractivity contribution >= 4 is 40.4 Å². The summed E-state index contributed by atoms with van der Waals surface area (Å²) in [4.78, 5) is 32.2. The number of anilines is 1. The Bertz CT molecular complexity index is 853. The normalized spacial score (nSPS) is 22.0. The second-order valence-corrected chi connectivity index (χ2v) is 8.22. The van der Waals surface area contributed by atoms with Gasteiger partial charge in [-0.05, 0) is 29.6 Å². The Hall–Kier alpha value is -1.80. The molecule has 0 bridgehead atoms. The lowest BCUT2D eigenvalue weighted by Gasteiger charge is -2.36. The lowest BCUT2D eigenvalue weighted by molar-refractivity contribution is -0.123. The fraction of sp³-hybridized carbons (Fsp3) is 0.368. The highest BCUT2D eigenvalue weighted by molar-refractivity contribution is 7.09. The van der Waals surface area contributed by atoms with Crippen molar-refractivity contribution in [1.29, 1.82) is 0 Å². The first-order chi connectivity index (χ1) is 13.0. The number of halogens is 2. The van der Waals surface area contributed by atoms with E-state index in [1.54, 1.807) is 11.3 Å². The molecular weight excluding hydrogens is 389 g/mol. The summed E-state index contributed by atoms with van der Waals surface area (Å²) in [6.07, 6.45) is 0.152. The Labute approximate surface area is 165 Å². The van der Waals surface area contributed by atoms with E-state index in [0.29, 0.717) is 5.69 Å². The maximum absolute atomic E-state index is 13.4. The fourth-order valence-electron chi connectivity index (χ4n) is 3.65. The van der Waals surface area contributed by atoms with Crippen LogP contribution in [-0.2, 0) is 16.1 Å². The van der Waals surface area contributed by atoms with E-state index in [2.05, 4.69) is 27.3 Å². The van der Waals surface area contributed by atoms with Gasteiger partial charge in [-0.2, -0.15) is 0 Å². The topological polar surface area (TPSA) is 43.9 Å². The van der Waals surface area contributed by atoms with Crippen molar-refractivity contribution in [3.63, 3.8) is 0 Å². The number of carbonyl (C=O) groups is 2. The summed E-state index contributed by atoms with van der Waals surface area (Å²) in [6, 6.07) is 7.64. The first-order valence-corrected chi connectivity index (χ1v) is 10.1. The van der Waals surface area contributed by atoms with Crippen molar-refractivity contribution in [3.8, 4) is 0 Å². The van der Waals surface area contributed by atoms with Gasteiger partial charge in [-0.3, -0.25) is 19.4 Å². The molecule has 27 heavy (non-hydrogen) atoms. The second-order valence-electron chi connectivity index (χ2n) is 6.78. The average molecular weight is 408 g/mol. The minimum Gasteiger partial charge on any atom is -0.296 e. The summed E-state index contributed by atoms with van der Waals surface area (Å²) in [5.74, 6) is -1.10. The minimum absolute atomic E-state index is 0.0984. The smallest absolute Gasteiger partial charge is 0.251 e. The Morgan fingerprint density at radius 1 is 1.15 bits per heavy atom. The van der Waals surface area contributed by atoms with Crippen LogP contribution in [0.15, 0.2) is 35.7 Å². The molecule has 1 atom stereocenters. The number of hydrogen-bond acceptors (Lipinski definition) is 5. The summed E-state index contributed by atoms with van der Waals surface area (Å²) in [7, 11) is 0. The van der Waals surface area contributed by atoms with E-state index < -0.39 is 11.9 Å². The molecule has 0 spiro atoms. The molecule has 2 fully saturated rings. The first kappa shape index (κ1) is 18.6. The molecule has 3 heterocycles. The minimum atomic E-state index is -0.571. The highest BCUT2D eigenvalue weighted by atomic mass is 35.5. The van der Waals surface area contributed by atoms with Crippen molar-refractivity contribution in [3.05, 3.63) is 51.4 Å². The van der Waals surface area contributed by atoms with Gasteiger partial charge in [0.2, 0.25) is 5.91 Å². The Morgan fingerprint density at radius 3 is 2.59 bits per heavy atom. The maximum atomic E-state index is 13.4. The summed E-state index contributed by atoms with van der Waals surface area (Å²) in [6.45, 7) is 4.12. The number of hydrogen-bond donors (Lipinski definition) is 0. The molecule has 142 valence electrons. The van der Waals surface area contributed by atoms with E-state index >= 15 is 0 Å². The molecule has 0 radical (unpaired) electrons. The Morgan fingerprint density at radius 2 is 1.93 bits per heavy atom. The lowest BCUT2D eigenvalue weighted by Crippen LogP contribution is -2.52. The molecule has 0 saturated carbocycles. The highest BCUT2D eigenvalue weighted by Gasteiger charge is 2.43. The van der Waals surface area contributed by atoms with Gasteiger partial charge in [0.15, 0.2) is 0 Å². The van der Waals surface area contributed by atoms with Crippen LogP contribution in [0.1, 0.15) is 11.3 Å². The standard InChI is InChI=1S/C19H19ClFN3O2S/c20-15-10-13(3-4-16(15)21)24-18(25)11-17(19(24)26)23-7-5-22(6-8-23)12-14-2-1-9-27-14/h1-4,9-10,17H,5-8,11-12H2. The fourth-order valence-corrected chi connectivity index (χ4v) is 4.57. The van der Waals surface area contributed by atoms with E-state index in [1.807, 2.05) is 0 Å². The Kier molecular flexibility index (Phi) is 5.27. The third kappa shape index (κ3) is 3.78. The number of nitrogens with zero attached hydrogens (tertiary/aromatic N) is 3. The molecule has 2 saturated heterocycles. The largest absolute Gasteiger partial charge is 0.296 e. The van der Waals surface area contributed by atoms with Gasteiger partial charge >= 0.3 is 0 Å². The summed E-state index contributed by atoms with van der Waals surface area (Å²) >= 11 is 7.55. The molecule has 1 aromatic carbocycles. The van der Waals surface area contributed by atoms with Crippen molar-refractivity contribution in [1.82, 2.24) is 9.80 Å². The highest BCUT2D eigenvalue weighted by Crippen LogP contribution is 2.29. The number of rotatable bonds is 4. The molecular formula is C19H19ClFN3O2S. The molecule has 1 aromatic heterocycles. The predicted octanol–water partition coefficient (Wildman–Crippen LogP) is 2.99. The van der Waals surface area contributed by atoms with E-state index in [-0.39, 0.29) is 23.3 Å². The number of thiophene rings is 1. The quantitative estimate of drug-likeness (QED) is 0.731. The van der Waals surface area contributed by atoms with E-state index in [0.717, 1.165) is 37.6 Å². The monoisotopic (exact) mass is 407 g/mol. The van der Waals surface area contributed by atoms with Crippen LogP contribution in [0.3, 0.4) is 0 Å². The van der Waals surface area contributed by atoms with Gasteiger partial charge in [-0.15, -0.1) is 11.3 Å². The molecule has 2 aliphatic heterocycles. The van der Waals surface area contributed by atoms with Gasteiger partial charge < -0.3 is 0 Å². The van der Waals surface area contributed by atoms with E-state index in [4.69, 9.17) is 11.6 Å². The van der Waals surface area contributed by atoms with Crippen LogP contribution in [0.4, 0.5) is 10.1 Å². The zero-order valence-electron chi connectivity index (χ0n) is 14.6. The third-order valence-corrected chi connectivity index (χ3v) is 6.24. The molecule has 2 aromatic rings. The van der Waals surface area contributed by atoms with Crippen LogP contribution >= 0.6 is 22.9 Å². The molecule has 4 rings (SSSR count). The van der Waals surface area contributed by atoms with Crippen molar-refractivity contribution in [2.75, 3.05) is 31.1 Å². The average Bonchev–Trinajstić information content (AvgIpc) is 3.26. The van der Waals surface area contributed by atoms with E-state index in [9.17, 15) is 14.0 Å². The van der Waals surface area contributed by atoms with Crippen molar-refractivity contribution in [2.24, 2.45) is 0 Å². The van der Waals surface area contributed by atoms with Crippen LogP contribution in [0.5, 0.6) is 0 Å². The second kappa shape index (κ2) is 7.67. The van der Waals surface area contributed by atoms with Crippen LogP contribution in [0.25, 0.3) is 0 Å². The van der Waals surface area contributed by atoms with E-state index in [1.165, 1.54) is 23.1 Å². The molecule has 2 amide bonds. The number of carbonyl (C=O) groups excluding carboxylic acids is 2. The summed E-state index contributed by atoms with van der Waals surface area (Å²) in [5.41, 5.74) is 0.329. The lowest BCUT2D eigenvalue weighted by atomic mass is 10.1. The van der Waals surface area contributed by atoms with Gasteiger partial charge in [-0.1, -0.05) is 17.7 Å². The number of piperazine rings is 1. The number of benzene rings is 1. The molecule has 0 aliphatic carbocycles. The zero-order valence-corrected chi connectivity index (χ0v) is 16.2. The van der Waals surface area contributed by atoms with Gasteiger partial charge in [0.25, 0.3) is 5.91 Å². The molecule has 2 aliphatic rings. The van der Waals surface area contributed by atoms with Crippen molar-refractivity contribution in [2.45, 2.75) is 19.0 Å². The van der Waals surface area contributed by atoms with Crippen molar-refractivity contribution < 1.29 is 14.0 Å². The molecule has 1 unspecified atom stereocenters.